The molecule has 0 spiro atoms. The molecule has 1 aromatic heterocycles. The summed E-state index contributed by atoms with van der Waals surface area (Å²) < 4.78 is 9.36. The van der Waals surface area contributed by atoms with Gasteiger partial charge in [0.2, 0.25) is 5.69 Å². The monoisotopic (exact) mass is 488 g/mol. The van der Waals surface area contributed by atoms with E-state index in [0.29, 0.717) is 5.92 Å². The fourth-order valence-corrected chi connectivity index (χ4v) is 6.37. The van der Waals surface area contributed by atoms with Gasteiger partial charge in [0.1, 0.15) is 18.5 Å². The van der Waals surface area contributed by atoms with Crippen LogP contribution < -0.4 is 9.30 Å². The number of ether oxygens (including phenoxy) is 1. The molecule has 1 aliphatic rings. The SMILES string of the molecule is CCc1ccc2c(CC(C)(C)C)c3c(c(C)c2c1)-c1c2c(cc4c(C(C)C)cccc4c2cc[n+]1C)O3. The Balaban J connectivity index is 1.80. The molecule has 0 bridgehead atoms. The normalized spacial score (nSPS) is 13.0. The molecule has 0 saturated carbocycles. The summed E-state index contributed by atoms with van der Waals surface area (Å²) in [6, 6.07) is 18.3. The summed E-state index contributed by atoms with van der Waals surface area (Å²) in [5.74, 6) is 2.47. The van der Waals surface area contributed by atoms with Gasteiger partial charge in [-0.05, 0) is 75.4 Å². The zero-order valence-electron chi connectivity index (χ0n) is 23.5. The van der Waals surface area contributed by atoms with E-state index in [0.717, 1.165) is 24.3 Å². The predicted octanol–water partition coefficient (Wildman–Crippen LogP) is 9.33. The number of benzene rings is 4. The average Bonchev–Trinajstić information content (AvgIpc) is 2.86. The van der Waals surface area contributed by atoms with Crippen LogP contribution in [0, 0.1) is 12.3 Å². The number of aryl methyl sites for hydroxylation is 3. The van der Waals surface area contributed by atoms with Gasteiger partial charge in [-0.1, -0.05) is 77.9 Å². The van der Waals surface area contributed by atoms with Crippen molar-refractivity contribution in [3.05, 3.63) is 77.0 Å². The molecule has 0 aliphatic carbocycles. The maximum Gasteiger partial charge on any atom is 0.228 e. The Morgan fingerprint density at radius 2 is 1.68 bits per heavy atom. The number of nitrogens with zero attached hydrogens (tertiary/aromatic N) is 1. The van der Waals surface area contributed by atoms with E-state index in [-0.39, 0.29) is 5.41 Å². The third kappa shape index (κ3) is 3.64. The second kappa shape index (κ2) is 8.31. The Morgan fingerprint density at radius 3 is 2.38 bits per heavy atom. The second-order valence-corrected chi connectivity index (χ2v) is 12.4. The summed E-state index contributed by atoms with van der Waals surface area (Å²) in [6.07, 6.45) is 4.22. The Labute approximate surface area is 220 Å². The number of hydrogen-bond donors (Lipinski definition) is 0. The molecule has 2 heteroatoms. The molecule has 37 heavy (non-hydrogen) atoms. The van der Waals surface area contributed by atoms with Gasteiger partial charge in [0.25, 0.3) is 0 Å². The Bertz CT molecular complexity index is 1730. The standard InChI is InChI=1S/C35H38NO/c1-9-22-13-14-25-27(17-22)21(4)31-33-32-26(15-16-36(33)8)24-12-10-11-23(20(2)3)28(24)18-30(32)37-34(31)29(25)19-35(5,6)7/h10-18,20H,9,19H2,1-8H3/q+1. The van der Waals surface area contributed by atoms with E-state index in [4.69, 9.17) is 4.74 Å². The predicted molar refractivity (Wildman–Crippen MR) is 157 cm³/mol. The van der Waals surface area contributed by atoms with Crippen LogP contribution in [0.4, 0.5) is 0 Å². The summed E-state index contributed by atoms with van der Waals surface area (Å²) in [7, 11) is 2.18. The van der Waals surface area contributed by atoms with Crippen molar-refractivity contribution in [1.29, 1.82) is 0 Å². The van der Waals surface area contributed by atoms with E-state index in [1.54, 1.807) is 0 Å². The third-order valence-corrected chi connectivity index (χ3v) is 8.15. The van der Waals surface area contributed by atoms with Crippen molar-refractivity contribution in [3.8, 4) is 22.8 Å². The summed E-state index contributed by atoms with van der Waals surface area (Å²) >= 11 is 0. The molecule has 0 N–H and O–H groups in total. The molecule has 188 valence electrons. The molecule has 0 unspecified atom stereocenters. The maximum absolute atomic E-state index is 7.06. The molecule has 0 radical (unpaired) electrons. The summed E-state index contributed by atoms with van der Waals surface area (Å²) in [5.41, 5.74) is 8.03. The van der Waals surface area contributed by atoms with Crippen LogP contribution in [-0.4, -0.2) is 0 Å². The highest BCUT2D eigenvalue weighted by Crippen LogP contribution is 2.53. The smallest absolute Gasteiger partial charge is 0.228 e. The Kier molecular flexibility index (Phi) is 5.39. The van der Waals surface area contributed by atoms with Crippen molar-refractivity contribution in [2.24, 2.45) is 12.5 Å². The van der Waals surface area contributed by atoms with E-state index in [1.807, 2.05) is 0 Å². The van der Waals surface area contributed by atoms with E-state index < -0.39 is 0 Å². The van der Waals surface area contributed by atoms with Gasteiger partial charge in [0.15, 0.2) is 6.20 Å². The number of fused-ring (bicyclic) bond motifs is 5. The van der Waals surface area contributed by atoms with Crippen LogP contribution in [0.5, 0.6) is 11.5 Å². The average molecular weight is 489 g/mol. The van der Waals surface area contributed by atoms with Crippen LogP contribution >= 0.6 is 0 Å². The first-order valence-electron chi connectivity index (χ1n) is 13.7. The van der Waals surface area contributed by atoms with Gasteiger partial charge in [-0.15, -0.1) is 0 Å². The summed E-state index contributed by atoms with van der Waals surface area (Å²) in [5, 5.41) is 7.77. The van der Waals surface area contributed by atoms with Crippen molar-refractivity contribution in [3.63, 3.8) is 0 Å². The number of aromatic nitrogens is 1. The molecule has 5 aromatic rings. The molecule has 0 fully saturated rings. The van der Waals surface area contributed by atoms with Gasteiger partial charge in [0, 0.05) is 17.0 Å². The first-order chi connectivity index (χ1) is 17.6. The van der Waals surface area contributed by atoms with Crippen LogP contribution in [0.1, 0.15) is 69.7 Å². The van der Waals surface area contributed by atoms with Crippen LogP contribution in [-0.2, 0) is 19.9 Å². The zero-order valence-corrected chi connectivity index (χ0v) is 23.5. The van der Waals surface area contributed by atoms with Gasteiger partial charge < -0.3 is 4.74 Å². The number of hydrogen-bond acceptors (Lipinski definition) is 1. The second-order valence-electron chi connectivity index (χ2n) is 12.4. The molecule has 1 aliphatic heterocycles. The van der Waals surface area contributed by atoms with Crippen molar-refractivity contribution >= 4 is 32.3 Å². The highest BCUT2D eigenvalue weighted by atomic mass is 16.5. The van der Waals surface area contributed by atoms with Gasteiger partial charge in [-0.3, -0.25) is 0 Å². The third-order valence-electron chi connectivity index (χ3n) is 8.15. The molecule has 0 atom stereocenters. The minimum absolute atomic E-state index is 0.130. The van der Waals surface area contributed by atoms with Gasteiger partial charge >= 0.3 is 0 Å². The van der Waals surface area contributed by atoms with Crippen LogP contribution in [0.3, 0.4) is 0 Å². The minimum Gasteiger partial charge on any atom is -0.455 e. The van der Waals surface area contributed by atoms with Gasteiger partial charge in [0.05, 0.1) is 10.9 Å². The molecule has 0 saturated heterocycles. The maximum atomic E-state index is 7.06. The molecule has 2 nitrogen and oxygen atoms in total. The van der Waals surface area contributed by atoms with Crippen molar-refractivity contribution < 1.29 is 9.30 Å². The first kappa shape index (κ1) is 24.0. The lowest BCUT2D eigenvalue weighted by Gasteiger charge is -2.28. The van der Waals surface area contributed by atoms with Crippen LogP contribution in [0.25, 0.3) is 43.6 Å². The largest absolute Gasteiger partial charge is 0.455 e. The molecule has 6 rings (SSSR count). The Morgan fingerprint density at radius 1 is 0.892 bits per heavy atom. The zero-order chi connectivity index (χ0) is 26.2. The molecule has 0 amide bonds. The highest BCUT2D eigenvalue weighted by molar-refractivity contribution is 6.16. The highest BCUT2D eigenvalue weighted by Gasteiger charge is 2.34. The molecular weight excluding hydrogens is 450 g/mol. The van der Waals surface area contributed by atoms with Crippen LogP contribution in [0.2, 0.25) is 0 Å². The van der Waals surface area contributed by atoms with E-state index in [1.165, 1.54) is 65.8 Å². The van der Waals surface area contributed by atoms with Crippen LogP contribution in [0.15, 0.2) is 54.7 Å². The Hall–Kier alpha value is -3.39. The topological polar surface area (TPSA) is 13.1 Å². The van der Waals surface area contributed by atoms with Crippen molar-refractivity contribution in [1.82, 2.24) is 0 Å². The van der Waals surface area contributed by atoms with Crippen molar-refractivity contribution in [2.75, 3.05) is 0 Å². The lowest BCUT2D eigenvalue weighted by atomic mass is 9.81. The van der Waals surface area contributed by atoms with Crippen molar-refractivity contribution in [2.45, 2.75) is 67.2 Å². The summed E-state index contributed by atoms with van der Waals surface area (Å²) in [4.78, 5) is 0. The molecule has 2 heterocycles. The lowest BCUT2D eigenvalue weighted by Crippen LogP contribution is -2.32. The number of rotatable bonds is 3. The van der Waals surface area contributed by atoms with Gasteiger partial charge in [-0.2, -0.15) is 0 Å². The fraction of sp³-hybridized carbons (Fsp3) is 0.343. The van der Waals surface area contributed by atoms with Gasteiger partial charge in [-0.25, -0.2) is 4.57 Å². The molecule has 4 aromatic carbocycles. The first-order valence-corrected chi connectivity index (χ1v) is 13.7. The van der Waals surface area contributed by atoms with E-state index in [2.05, 4.69) is 115 Å². The lowest BCUT2D eigenvalue weighted by molar-refractivity contribution is -0.659. The summed E-state index contributed by atoms with van der Waals surface area (Å²) in [6.45, 7) is 16.0. The minimum atomic E-state index is 0.130. The quantitative estimate of drug-likeness (QED) is 0.179. The van der Waals surface area contributed by atoms with E-state index in [9.17, 15) is 0 Å². The van der Waals surface area contributed by atoms with E-state index >= 15 is 0 Å². The number of pyridine rings is 1. The molecular formula is C35H38NO+. The fourth-order valence-electron chi connectivity index (χ4n) is 6.37.